The van der Waals surface area contributed by atoms with E-state index >= 15 is 0 Å². The van der Waals surface area contributed by atoms with E-state index in [1.165, 1.54) is 0 Å². The van der Waals surface area contributed by atoms with Crippen LogP contribution in [0.3, 0.4) is 0 Å². The van der Waals surface area contributed by atoms with Crippen molar-refractivity contribution in [3.05, 3.63) is 0 Å². The van der Waals surface area contributed by atoms with Crippen LogP contribution >= 0.6 is 0 Å². The largest absolute Gasteiger partial charge is 0.480 e. The van der Waals surface area contributed by atoms with Gasteiger partial charge in [-0.2, -0.15) is 0 Å². The van der Waals surface area contributed by atoms with Crippen molar-refractivity contribution in [1.29, 1.82) is 0 Å². The van der Waals surface area contributed by atoms with Gasteiger partial charge in [0.15, 0.2) is 0 Å². The highest BCUT2D eigenvalue weighted by atomic mass is 16.6. The maximum absolute atomic E-state index is 11.7. The third-order valence-electron chi connectivity index (χ3n) is 1.76. The van der Waals surface area contributed by atoms with Crippen molar-refractivity contribution in [1.82, 2.24) is 4.90 Å². The van der Waals surface area contributed by atoms with Gasteiger partial charge >= 0.3 is 12.1 Å². The van der Waals surface area contributed by atoms with E-state index < -0.39 is 24.2 Å². The molecule has 17 heavy (non-hydrogen) atoms. The number of aliphatic carboxylic acids is 1. The average molecular weight is 241 g/mol. The van der Waals surface area contributed by atoms with Gasteiger partial charge in [0.25, 0.3) is 0 Å². The van der Waals surface area contributed by atoms with Crippen LogP contribution in [-0.2, 0) is 9.53 Å². The minimum atomic E-state index is -1.10. The average Bonchev–Trinajstić information content (AvgIpc) is 2.13. The first kappa shape index (κ1) is 15.3. The van der Waals surface area contributed by atoms with Crippen molar-refractivity contribution in [2.75, 3.05) is 13.1 Å². The second kappa shape index (κ2) is 6.14. The number of hydrogen-bond donors (Lipinski definition) is 1. The molecule has 5 nitrogen and oxygen atoms in total. The lowest BCUT2D eigenvalue weighted by Crippen LogP contribution is -2.41. The number of ether oxygens (including phenoxy) is 1. The Morgan fingerprint density at radius 3 is 2.35 bits per heavy atom. The molecule has 96 valence electrons. The summed E-state index contributed by atoms with van der Waals surface area (Å²) in [6, 6.07) is 0. The summed E-state index contributed by atoms with van der Waals surface area (Å²) in [4.78, 5) is 23.5. The third kappa shape index (κ3) is 7.23. The lowest BCUT2D eigenvalue weighted by molar-refractivity contribution is -0.138. The summed E-state index contributed by atoms with van der Waals surface area (Å²) >= 11 is 0. The van der Waals surface area contributed by atoms with Crippen LogP contribution in [0.5, 0.6) is 0 Å². The van der Waals surface area contributed by atoms with Crippen LogP contribution in [0.1, 0.15) is 27.7 Å². The Morgan fingerprint density at radius 2 is 2.00 bits per heavy atom. The molecular formula is C12H19NO4. The maximum Gasteiger partial charge on any atom is 0.410 e. The normalized spacial score (nSPS) is 12.4. The predicted molar refractivity (Wildman–Crippen MR) is 63.4 cm³/mol. The lowest BCUT2D eigenvalue weighted by atomic mass is 10.2. The number of carbonyl (C=O) groups is 2. The van der Waals surface area contributed by atoms with E-state index in [-0.39, 0.29) is 12.5 Å². The summed E-state index contributed by atoms with van der Waals surface area (Å²) < 4.78 is 5.10. The molecule has 1 atom stereocenters. The van der Waals surface area contributed by atoms with E-state index in [1.54, 1.807) is 27.7 Å². The molecular weight excluding hydrogens is 222 g/mol. The van der Waals surface area contributed by atoms with E-state index in [0.717, 1.165) is 4.90 Å². The first-order valence-electron chi connectivity index (χ1n) is 5.31. The fourth-order valence-electron chi connectivity index (χ4n) is 1.08. The van der Waals surface area contributed by atoms with E-state index in [2.05, 4.69) is 5.92 Å². The maximum atomic E-state index is 11.7. The van der Waals surface area contributed by atoms with Gasteiger partial charge in [-0.3, -0.25) is 9.69 Å². The Labute approximate surface area is 102 Å². The van der Waals surface area contributed by atoms with E-state index in [9.17, 15) is 9.59 Å². The fourth-order valence-corrected chi connectivity index (χ4v) is 1.08. The Bertz CT molecular complexity index is 324. The fraction of sp³-hybridized carbons (Fsp3) is 0.667. The highest BCUT2D eigenvalue weighted by Crippen LogP contribution is 2.11. The van der Waals surface area contributed by atoms with Crippen LogP contribution < -0.4 is 0 Å². The SMILES string of the molecule is C#C[C@@H](C)CN(CC(=O)O)C(=O)OC(C)(C)C. The van der Waals surface area contributed by atoms with Crippen molar-refractivity contribution in [2.24, 2.45) is 5.92 Å². The summed E-state index contributed by atoms with van der Waals surface area (Å²) in [5, 5.41) is 8.72. The zero-order valence-electron chi connectivity index (χ0n) is 10.7. The summed E-state index contributed by atoms with van der Waals surface area (Å²) in [6.07, 6.45) is 4.54. The van der Waals surface area contributed by atoms with Crippen molar-refractivity contribution in [2.45, 2.75) is 33.3 Å². The number of carbonyl (C=O) groups excluding carboxylic acids is 1. The highest BCUT2D eigenvalue weighted by Gasteiger charge is 2.24. The number of carboxylic acid groups (broad SMARTS) is 1. The second-order valence-electron chi connectivity index (χ2n) is 4.82. The first-order chi connectivity index (χ1) is 7.65. The molecule has 0 fully saturated rings. The van der Waals surface area contributed by atoms with Gasteiger partial charge in [-0.05, 0) is 27.7 Å². The van der Waals surface area contributed by atoms with E-state index in [4.69, 9.17) is 16.3 Å². The molecule has 1 N–H and O–H groups in total. The molecule has 0 spiro atoms. The number of rotatable bonds is 4. The molecule has 5 heteroatoms. The van der Waals surface area contributed by atoms with Crippen LogP contribution in [-0.4, -0.2) is 40.8 Å². The van der Waals surface area contributed by atoms with Gasteiger partial charge in [0.2, 0.25) is 0 Å². The molecule has 0 bridgehead atoms. The first-order valence-corrected chi connectivity index (χ1v) is 5.31. The summed E-state index contributed by atoms with van der Waals surface area (Å²) in [7, 11) is 0. The second-order valence-corrected chi connectivity index (χ2v) is 4.82. The van der Waals surface area contributed by atoms with Crippen molar-refractivity contribution in [3.8, 4) is 12.3 Å². The summed E-state index contributed by atoms with van der Waals surface area (Å²) in [5.74, 6) is 1.13. The Kier molecular flexibility index (Phi) is 5.52. The summed E-state index contributed by atoms with van der Waals surface area (Å²) in [6.45, 7) is 6.63. The summed E-state index contributed by atoms with van der Waals surface area (Å²) in [5.41, 5.74) is -0.660. The number of nitrogens with zero attached hydrogens (tertiary/aromatic N) is 1. The molecule has 0 aliphatic heterocycles. The smallest absolute Gasteiger partial charge is 0.410 e. The zero-order chi connectivity index (χ0) is 13.6. The van der Waals surface area contributed by atoms with Gasteiger partial charge in [0.1, 0.15) is 12.1 Å². The third-order valence-corrected chi connectivity index (χ3v) is 1.76. The van der Waals surface area contributed by atoms with Gasteiger partial charge in [-0.25, -0.2) is 4.79 Å². The van der Waals surface area contributed by atoms with Gasteiger partial charge in [0.05, 0.1) is 0 Å². The number of amides is 1. The van der Waals surface area contributed by atoms with E-state index in [0.29, 0.717) is 0 Å². The van der Waals surface area contributed by atoms with Gasteiger partial charge in [0, 0.05) is 12.5 Å². The predicted octanol–water partition coefficient (Wildman–Crippen LogP) is 1.58. The molecule has 0 aromatic carbocycles. The molecule has 0 rings (SSSR count). The van der Waals surface area contributed by atoms with E-state index in [1.807, 2.05) is 0 Å². The quantitative estimate of drug-likeness (QED) is 0.759. The Balaban J connectivity index is 4.63. The van der Waals surface area contributed by atoms with Crippen molar-refractivity contribution >= 4 is 12.1 Å². The molecule has 0 saturated heterocycles. The van der Waals surface area contributed by atoms with Crippen LogP contribution in [0.4, 0.5) is 4.79 Å². The Hall–Kier alpha value is -1.70. The topological polar surface area (TPSA) is 66.8 Å². The molecule has 1 amide bonds. The van der Waals surface area contributed by atoms with Crippen LogP contribution in [0.2, 0.25) is 0 Å². The molecule has 0 saturated carbocycles. The molecule has 0 aliphatic carbocycles. The van der Waals surface area contributed by atoms with Crippen molar-refractivity contribution < 1.29 is 19.4 Å². The van der Waals surface area contributed by atoms with Gasteiger partial charge < -0.3 is 9.84 Å². The number of carboxylic acids is 1. The minimum absolute atomic E-state index is 0.164. The molecule has 0 aromatic heterocycles. The van der Waals surface area contributed by atoms with Gasteiger partial charge in [-0.15, -0.1) is 12.3 Å². The van der Waals surface area contributed by atoms with Crippen LogP contribution in [0.25, 0.3) is 0 Å². The molecule has 0 unspecified atom stereocenters. The van der Waals surface area contributed by atoms with Gasteiger partial charge in [-0.1, -0.05) is 0 Å². The number of terminal acetylenes is 1. The number of hydrogen-bond acceptors (Lipinski definition) is 3. The standard InChI is InChI=1S/C12H19NO4/c1-6-9(2)7-13(8-10(14)15)11(16)17-12(3,4)5/h1,9H,7-8H2,2-5H3,(H,14,15)/t9-/m1/s1. The molecule has 0 aromatic rings. The lowest BCUT2D eigenvalue weighted by Gasteiger charge is -2.27. The van der Waals surface area contributed by atoms with Crippen LogP contribution in [0, 0.1) is 18.3 Å². The molecule has 0 aliphatic rings. The molecule has 0 radical (unpaired) electrons. The molecule has 0 heterocycles. The minimum Gasteiger partial charge on any atom is -0.480 e. The highest BCUT2D eigenvalue weighted by molar-refractivity contribution is 5.76. The van der Waals surface area contributed by atoms with Crippen molar-refractivity contribution in [3.63, 3.8) is 0 Å². The Morgan fingerprint density at radius 1 is 1.47 bits per heavy atom. The monoisotopic (exact) mass is 241 g/mol. The zero-order valence-corrected chi connectivity index (χ0v) is 10.7. The van der Waals surface area contributed by atoms with Crippen LogP contribution in [0.15, 0.2) is 0 Å².